The molecule has 5 nitrogen and oxygen atoms in total. The summed E-state index contributed by atoms with van der Waals surface area (Å²) in [7, 11) is 0. The van der Waals surface area contributed by atoms with Crippen molar-refractivity contribution in [2.24, 2.45) is 5.92 Å². The third-order valence-corrected chi connectivity index (χ3v) is 3.22. The van der Waals surface area contributed by atoms with Gasteiger partial charge in [-0.3, -0.25) is 0 Å². The first-order chi connectivity index (χ1) is 9.08. The van der Waals surface area contributed by atoms with Gasteiger partial charge in [0.05, 0.1) is 6.04 Å². The summed E-state index contributed by atoms with van der Waals surface area (Å²) < 4.78 is 1.89. The van der Waals surface area contributed by atoms with Crippen molar-refractivity contribution in [3.63, 3.8) is 0 Å². The van der Waals surface area contributed by atoms with Crippen LogP contribution in [0.4, 0.5) is 5.69 Å². The van der Waals surface area contributed by atoms with Crippen LogP contribution in [0.25, 0.3) is 11.4 Å². The van der Waals surface area contributed by atoms with Crippen LogP contribution in [0.3, 0.4) is 0 Å². The van der Waals surface area contributed by atoms with Crippen molar-refractivity contribution in [2.75, 3.05) is 5.73 Å². The van der Waals surface area contributed by atoms with Gasteiger partial charge in [0.2, 0.25) is 0 Å². The molecule has 1 unspecified atom stereocenters. The van der Waals surface area contributed by atoms with E-state index in [9.17, 15) is 0 Å². The van der Waals surface area contributed by atoms with Gasteiger partial charge < -0.3 is 5.73 Å². The Morgan fingerprint density at radius 3 is 2.68 bits per heavy atom. The highest BCUT2D eigenvalue weighted by Gasteiger charge is 2.15. The fraction of sp³-hybridized carbons (Fsp3) is 0.500. The smallest absolute Gasteiger partial charge is 0.182 e. The first-order valence-corrected chi connectivity index (χ1v) is 6.71. The number of rotatable bonds is 5. The molecule has 1 aromatic carbocycles. The summed E-state index contributed by atoms with van der Waals surface area (Å²) in [4.78, 5) is 0. The van der Waals surface area contributed by atoms with Gasteiger partial charge in [-0.1, -0.05) is 26.0 Å². The number of tetrazole rings is 1. The lowest BCUT2D eigenvalue weighted by Gasteiger charge is -2.14. The molecule has 1 atom stereocenters. The van der Waals surface area contributed by atoms with E-state index in [0.717, 1.165) is 29.9 Å². The maximum Gasteiger partial charge on any atom is 0.182 e. The van der Waals surface area contributed by atoms with Gasteiger partial charge in [-0.05, 0) is 48.2 Å². The number of benzene rings is 1. The Bertz CT molecular complexity index is 532. The summed E-state index contributed by atoms with van der Waals surface area (Å²) in [5.74, 6) is 1.47. The largest absolute Gasteiger partial charge is 0.399 e. The zero-order chi connectivity index (χ0) is 13.8. The van der Waals surface area contributed by atoms with Gasteiger partial charge in [-0.2, -0.15) is 0 Å². The first-order valence-electron chi connectivity index (χ1n) is 6.71. The summed E-state index contributed by atoms with van der Waals surface area (Å²) in [6.45, 7) is 6.60. The highest BCUT2D eigenvalue weighted by Crippen LogP contribution is 2.23. The Morgan fingerprint density at radius 1 is 1.21 bits per heavy atom. The summed E-state index contributed by atoms with van der Waals surface area (Å²) >= 11 is 0. The van der Waals surface area contributed by atoms with Gasteiger partial charge >= 0.3 is 0 Å². The minimum Gasteiger partial charge on any atom is -0.399 e. The van der Waals surface area contributed by atoms with Gasteiger partial charge in [0.1, 0.15) is 0 Å². The molecule has 0 aliphatic rings. The highest BCUT2D eigenvalue weighted by atomic mass is 15.5. The maximum atomic E-state index is 5.81. The molecule has 2 rings (SSSR count). The van der Waals surface area contributed by atoms with E-state index in [1.165, 1.54) is 0 Å². The lowest BCUT2D eigenvalue weighted by atomic mass is 10.0. The zero-order valence-electron chi connectivity index (χ0n) is 11.7. The van der Waals surface area contributed by atoms with Crippen LogP contribution >= 0.6 is 0 Å². The number of nitrogens with two attached hydrogens (primary N) is 1. The molecule has 0 bridgehead atoms. The predicted octanol–water partition coefficient (Wildman–Crippen LogP) is 2.92. The van der Waals surface area contributed by atoms with Crippen LogP contribution in [0.5, 0.6) is 0 Å². The van der Waals surface area contributed by atoms with E-state index < -0.39 is 0 Å². The van der Waals surface area contributed by atoms with Crippen molar-refractivity contribution >= 4 is 5.69 Å². The van der Waals surface area contributed by atoms with E-state index in [1.807, 2.05) is 28.9 Å². The Labute approximate surface area is 113 Å². The number of anilines is 1. The molecule has 1 aromatic heterocycles. The Hall–Kier alpha value is -1.91. The molecule has 5 heteroatoms. The van der Waals surface area contributed by atoms with E-state index in [0.29, 0.717) is 5.92 Å². The van der Waals surface area contributed by atoms with Gasteiger partial charge in [0.15, 0.2) is 5.82 Å². The van der Waals surface area contributed by atoms with E-state index in [2.05, 4.69) is 36.3 Å². The number of aromatic nitrogens is 4. The van der Waals surface area contributed by atoms with Crippen LogP contribution < -0.4 is 5.73 Å². The Morgan fingerprint density at radius 2 is 2.00 bits per heavy atom. The fourth-order valence-corrected chi connectivity index (χ4v) is 2.06. The number of nitrogen functional groups attached to an aromatic ring is 1. The van der Waals surface area contributed by atoms with Crippen molar-refractivity contribution < 1.29 is 0 Å². The molecule has 19 heavy (non-hydrogen) atoms. The second-order valence-corrected chi connectivity index (χ2v) is 5.39. The molecule has 0 spiro atoms. The summed E-state index contributed by atoms with van der Waals surface area (Å²) in [5.41, 5.74) is 7.50. The lowest BCUT2D eigenvalue weighted by molar-refractivity contribution is 0.406. The quantitative estimate of drug-likeness (QED) is 0.838. The summed E-state index contributed by atoms with van der Waals surface area (Å²) in [6, 6.07) is 7.95. The van der Waals surface area contributed by atoms with Gasteiger partial charge in [0.25, 0.3) is 0 Å². The minimum atomic E-state index is 0.286. The zero-order valence-corrected chi connectivity index (χ0v) is 11.7. The number of hydrogen-bond donors (Lipinski definition) is 1. The third kappa shape index (κ3) is 3.30. The maximum absolute atomic E-state index is 5.81. The average molecular weight is 259 g/mol. The van der Waals surface area contributed by atoms with E-state index in [4.69, 9.17) is 5.73 Å². The van der Waals surface area contributed by atoms with Crippen LogP contribution in [-0.2, 0) is 0 Å². The van der Waals surface area contributed by atoms with E-state index >= 15 is 0 Å². The lowest BCUT2D eigenvalue weighted by Crippen LogP contribution is -2.10. The second kappa shape index (κ2) is 5.82. The minimum absolute atomic E-state index is 0.286. The fourth-order valence-electron chi connectivity index (χ4n) is 2.06. The SMILES string of the molecule is CC(C)CCC(C)n1nnnc1-c1cccc(N)c1. The van der Waals surface area contributed by atoms with Crippen molar-refractivity contribution in [1.29, 1.82) is 0 Å². The average Bonchev–Trinajstić information content (AvgIpc) is 2.85. The predicted molar refractivity (Wildman–Crippen MR) is 76.4 cm³/mol. The molecule has 2 aromatic rings. The first kappa shape index (κ1) is 13.5. The molecule has 0 saturated heterocycles. The van der Waals surface area contributed by atoms with E-state index in [1.54, 1.807) is 0 Å². The van der Waals surface area contributed by atoms with Crippen molar-refractivity contribution in [2.45, 2.75) is 39.7 Å². The van der Waals surface area contributed by atoms with Crippen molar-refractivity contribution in [3.05, 3.63) is 24.3 Å². The molecule has 2 N–H and O–H groups in total. The third-order valence-electron chi connectivity index (χ3n) is 3.22. The molecular weight excluding hydrogens is 238 g/mol. The van der Waals surface area contributed by atoms with Crippen LogP contribution in [0.1, 0.15) is 39.7 Å². The van der Waals surface area contributed by atoms with Crippen LogP contribution in [0.15, 0.2) is 24.3 Å². The van der Waals surface area contributed by atoms with E-state index in [-0.39, 0.29) is 6.04 Å². The molecule has 0 aliphatic carbocycles. The number of hydrogen-bond acceptors (Lipinski definition) is 4. The highest BCUT2D eigenvalue weighted by molar-refractivity contribution is 5.60. The van der Waals surface area contributed by atoms with Crippen LogP contribution in [-0.4, -0.2) is 20.2 Å². The molecule has 102 valence electrons. The Kier molecular flexibility index (Phi) is 4.14. The van der Waals surface area contributed by atoms with Gasteiger partial charge in [0, 0.05) is 11.3 Å². The molecule has 0 fully saturated rings. The normalized spacial score (nSPS) is 12.8. The van der Waals surface area contributed by atoms with Crippen molar-refractivity contribution in [1.82, 2.24) is 20.2 Å². The second-order valence-electron chi connectivity index (χ2n) is 5.39. The molecule has 0 amide bonds. The summed E-state index contributed by atoms with van der Waals surface area (Å²) in [5, 5.41) is 12.0. The Balaban J connectivity index is 2.22. The van der Waals surface area contributed by atoms with Gasteiger partial charge in [-0.25, -0.2) is 4.68 Å². The molecule has 0 radical (unpaired) electrons. The summed E-state index contributed by atoms with van der Waals surface area (Å²) in [6.07, 6.45) is 2.23. The van der Waals surface area contributed by atoms with Gasteiger partial charge in [-0.15, -0.1) is 5.10 Å². The molecule has 0 saturated carbocycles. The van der Waals surface area contributed by atoms with Crippen LogP contribution in [0.2, 0.25) is 0 Å². The molecule has 0 aliphatic heterocycles. The number of nitrogens with zero attached hydrogens (tertiary/aromatic N) is 4. The van der Waals surface area contributed by atoms with Crippen LogP contribution in [0, 0.1) is 5.92 Å². The van der Waals surface area contributed by atoms with Crippen molar-refractivity contribution in [3.8, 4) is 11.4 Å². The topological polar surface area (TPSA) is 69.6 Å². The standard InChI is InChI=1S/C14H21N5/c1-10(2)7-8-11(3)19-14(16-17-18-19)12-5-4-6-13(15)9-12/h4-6,9-11H,7-8,15H2,1-3H3. The molecule has 1 heterocycles. The molecular formula is C14H21N5. The monoisotopic (exact) mass is 259 g/mol.